The average molecular weight is 368 g/mol. The first-order valence-electron chi connectivity index (χ1n) is 9.41. The molecule has 3 fully saturated rings. The topological polar surface area (TPSA) is 66.7 Å². The number of amides is 1. The highest BCUT2D eigenvalue weighted by Gasteiger charge is 2.62. The number of ether oxygens (including phenoxy) is 1. The Morgan fingerprint density at radius 3 is 2.89 bits per heavy atom. The number of piperazine rings is 1. The molecule has 1 atom stereocenters. The molecule has 3 saturated heterocycles. The van der Waals surface area contributed by atoms with E-state index in [9.17, 15) is 4.79 Å². The van der Waals surface area contributed by atoms with E-state index in [-0.39, 0.29) is 12.1 Å². The number of hydrogen-bond acceptors (Lipinski definition) is 6. The van der Waals surface area contributed by atoms with Crippen LogP contribution < -0.4 is 4.90 Å². The summed E-state index contributed by atoms with van der Waals surface area (Å²) < 4.78 is 8.04. The van der Waals surface area contributed by atoms with Gasteiger partial charge in [-0.25, -0.2) is 14.8 Å². The molecule has 1 amide bonds. The van der Waals surface area contributed by atoms with Gasteiger partial charge in [-0.15, -0.1) is 0 Å². The van der Waals surface area contributed by atoms with E-state index in [0.717, 1.165) is 37.8 Å². The van der Waals surface area contributed by atoms with Crippen LogP contribution in [0.5, 0.6) is 0 Å². The predicted molar refractivity (Wildman–Crippen MR) is 99.4 cm³/mol. The van der Waals surface area contributed by atoms with Crippen LogP contribution in [0.3, 0.4) is 0 Å². The third-order valence-corrected chi connectivity index (χ3v) is 6.04. The van der Waals surface area contributed by atoms with Crippen molar-refractivity contribution < 1.29 is 9.53 Å². The van der Waals surface area contributed by atoms with Crippen LogP contribution in [-0.2, 0) is 18.3 Å². The molecule has 2 aromatic heterocycles. The van der Waals surface area contributed by atoms with Gasteiger partial charge >= 0.3 is 6.09 Å². The Morgan fingerprint density at radius 1 is 1.30 bits per heavy atom. The largest absolute Gasteiger partial charge is 0.437 e. The number of aryl methyl sites for hydroxylation is 2. The minimum Gasteiger partial charge on any atom is -0.437 e. The van der Waals surface area contributed by atoms with Crippen molar-refractivity contribution in [2.45, 2.75) is 25.1 Å². The predicted octanol–water partition coefficient (Wildman–Crippen LogP) is 1.02. The van der Waals surface area contributed by atoms with Crippen LogP contribution in [0, 0.1) is 6.92 Å². The fraction of sp³-hybridized carbons (Fsp3) is 0.526. The van der Waals surface area contributed by atoms with Crippen molar-refractivity contribution in [2.24, 2.45) is 7.05 Å². The van der Waals surface area contributed by atoms with E-state index in [1.807, 2.05) is 17.9 Å². The summed E-state index contributed by atoms with van der Waals surface area (Å²) in [6, 6.07) is 6.24. The van der Waals surface area contributed by atoms with Crippen molar-refractivity contribution in [2.75, 3.05) is 37.6 Å². The number of nitrogens with zero attached hydrogens (tertiary/aromatic N) is 6. The second kappa shape index (κ2) is 5.95. The first kappa shape index (κ1) is 16.6. The number of rotatable bonds is 3. The highest BCUT2D eigenvalue weighted by atomic mass is 16.6. The summed E-state index contributed by atoms with van der Waals surface area (Å²) in [4.78, 5) is 27.6. The third-order valence-electron chi connectivity index (χ3n) is 6.04. The quantitative estimate of drug-likeness (QED) is 0.806. The van der Waals surface area contributed by atoms with E-state index in [1.165, 1.54) is 5.69 Å². The van der Waals surface area contributed by atoms with Crippen LogP contribution in [0.4, 0.5) is 10.6 Å². The summed E-state index contributed by atoms with van der Waals surface area (Å²) in [5.41, 5.74) is 0.859. The van der Waals surface area contributed by atoms with Crippen molar-refractivity contribution in [1.82, 2.24) is 24.3 Å². The Morgan fingerprint density at radius 2 is 2.15 bits per heavy atom. The summed E-state index contributed by atoms with van der Waals surface area (Å²) >= 11 is 0. The second-order valence-electron chi connectivity index (χ2n) is 7.81. The van der Waals surface area contributed by atoms with Crippen LogP contribution in [0.15, 0.2) is 30.6 Å². The van der Waals surface area contributed by atoms with Crippen LogP contribution >= 0.6 is 0 Å². The normalized spacial score (nSPS) is 24.1. The van der Waals surface area contributed by atoms with E-state index in [0.29, 0.717) is 13.1 Å². The molecule has 0 radical (unpaired) electrons. The fourth-order valence-electron chi connectivity index (χ4n) is 4.50. The Kier molecular flexibility index (Phi) is 3.65. The monoisotopic (exact) mass is 368 g/mol. The van der Waals surface area contributed by atoms with E-state index < -0.39 is 5.60 Å². The van der Waals surface area contributed by atoms with Gasteiger partial charge in [0.25, 0.3) is 0 Å². The number of fused-ring (bicyclic) bond motifs is 2. The lowest BCUT2D eigenvalue weighted by atomic mass is 9.84. The molecule has 8 nitrogen and oxygen atoms in total. The number of hydrogen-bond donors (Lipinski definition) is 0. The molecular formula is C19H24N6O2. The first-order valence-corrected chi connectivity index (χ1v) is 9.41. The molecule has 27 heavy (non-hydrogen) atoms. The number of carbonyl (C=O) groups is 1. The van der Waals surface area contributed by atoms with Gasteiger partial charge in [0, 0.05) is 51.3 Å². The zero-order valence-electron chi connectivity index (χ0n) is 15.7. The van der Waals surface area contributed by atoms with Crippen LogP contribution in [0.2, 0.25) is 0 Å². The Bertz CT molecular complexity index is 875. The maximum Gasteiger partial charge on any atom is 0.411 e. The molecular weight excluding hydrogens is 344 g/mol. The van der Waals surface area contributed by atoms with Gasteiger partial charge in [0.2, 0.25) is 0 Å². The highest BCUT2D eigenvalue weighted by molar-refractivity contribution is 5.73. The minimum atomic E-state index is -0.428. The minimum absolute atomic E-state index is 0.0956. The zero-order chi connectivity index (χ0) is 18.6. The third kappa shape index (κ3) is 2.66. The van der Waals surface area contributed by atoms with Crippen LogP contribution in [0.25, 0.3) is 0 Å². The Labute approximate surface area is 158 Å². The summed E-state index contributed by atoms with van der Waals surface area (Å²) in [6.07, 6.45) is 3.68. The molecule has 5 heterocycles. The van der Waals surface area contributed by atoms with Crippen molar-refractivity contribution in [1.29, 1.82) is 0 Å². The average Bonchev–Trinajstić information content (AvgIpc) is 3.15. The molecule has 3 aliphatic rings. The van der Waals surface area contributed by atoms with E-state index >= 15 is 0 Å². The van der Waals surface area contributed by atoms with Gasteiger partial charge < -0.3 is 14.2 Å². The summed E-state index contributed by atoms with van der Waals surface area (Å²) in [7, 11) is 2.07. The molecule has 1 unspecified atom stereocenters. The molecule has 0 N–H and O–H groups in total. The van der Waals surface area contributed by atoms with E-state index in [1.54, 1.807) is 6.20 Å². The Balaban J connectivity index is 1.31. The van der Waals surface area contributed by atoms with Crippen molar-refractivity contribution in [3.8, 4) is 0 Å². The lowest BCUT2D eigenvalue weighted by Crippen LogP contribution is -2.71. The molecule has 1 spiro atoms. The molecule has 0 saturated carbocycles. The smallest absolute Gasteiger partial charge is 0.411 e. The van der Waals surface area contributed by atoms with E-state index in [2.05, 4.69) is 49.7 Å². The second-order valence-corrected chi connectivity index (χ2v) is 7.81. The lowest BCUT2D eigenvalue weighted by molar-refractivity contribution is -0.0102. The van der Waals surface area contributed by atoms with Gasteiger partial charge in [-0.1, -0.05) is 0 Å². The molecule has 3 aliphatic heterocycles. The van der Waals surface area contributed by atoms with Gasteiger partial charge in [-0.05, 0) is 25.1 Å². The maximum atomic E-state index is 12.4. The highest BCUT2D eigenvalue weighted by Crippen LogP contribution is 2.41. The maximum absolute atomic E-state index is 12.4. The summed E-state index contributed by atoms with van der Waals surface area (Å²) in [5.74, 6) is 1.66. The molecule has 8 heteroatoms. The van der Waals surface area contributed by atoms with Gasteiger partial charge in [0.15, 0.2) is 5.60 Å². The molecule has 0 aliphatic carbocycles. The molecule has 0 aromatic carbocycles. The van der Waals surface area contributed by atoms with Crippen LogP contribution in [0.1, 0.15) is 11.5 Å². The van der Waals surface area contributed by atoms with Crippen molar-refractivity contribution in [3.63, 3.8) is 0 Å². The van der Waals surface area contributed by atoms with E-state index in [4.69, 9.17) is 4.74 Å². The summed E-state index contributed by atoms with van der Waals surface area (Å²) in [5, 5.41) is 0. The first-order chi connectivity index (χ1) is 13.0. The molecule has 2 aromatic rings. The molecule has 5 rings (SSSR count). The molecule has 0 bridgehead atoms. The number of anilines is 1. The molecule has 142 valence electrons. The number of aromatic nitrogens is 3. The Hall–Kier alpha value is -2.61. The fourth-order valence-corrected chi connectivity index (χ4v) is 4.50. The summed E-state index contributed by atoms with van der Waals surface area (Å²) in [6.45, 7) is 6.60. The SMILES string of the molecule is Cc1nccc(N2CC3(C2)OC(=O)N2CCN(Cc4cccn4C)CC23)n1. The van der Waals surface area contributed by atoms with Crippen LogP contribution in [-0.4, -0.2) is 74.8 Å². The van der Waals surface area contributed by atoms with Crippen molar-refractivity contribution in [3.05, 3.63) is 42.1 Å². The number of carbonyl (C=O) groups excluding carboxylic acids is 1. The van der Waals surface area contributed by atoms with Gasteiger partial charge in [-0.2, -0.15) is 0 Å². The zero-order valence-corrected chi connectivity index (χ0v) is 15.7. The van der Waals surface area contributed by atoms with Gasteiger partial charge in [0.1, 0.15) is 11.6 Å². The van der Waals surface area contributed by atoms with Gasteiger partial charge in [-0.3, -0.25) is 9.80 Å². The van der Waals surface area contributed by atoms with Crippen molar-refractivity contribution >= 4 is 11.9 Å². The standard InChI is InChI=1S/C19H24N6O2/c1-14-20-6-5-17(21-14)24-12-19(13-24)16-11-23(8-9-25(16)18(26)27-19)10-15-4-3-7-22(15)2/h3-7,16H,8-13H2,1-2H3. The van der Waals surface area contributed by atoms with Gasteiger partial charge in [0.05, 0.1) is 19.1 Å². The lowest BCUT2D eigenvalue weighted by Gasteiger charge is -2.51.